The number of hydrogen-bond donors (Lipinski definition) is 2. The standard InChI is InChI=1S/C15H19NO4/c1-15(19,11-12-7-4-3-5-8-12)14(18)16-10-6-9-13(17)20-2/h3-9,19H,10-11H2,1-2H3,(H,16,18)/b9-6+. The number of carbonyl (C=O) groups is 2. The van der Waals surface area contributed by atoms with E-state index in [2.05, 4.69) is 10.1 Å². The first-order valence-electron chi connectivity index (χ1n) is 6.25. The van der Waals surface area contributed by atoms with Gasteiger partial charge in [0.15, 0.2) is 0 Å². The second kappa shape index (κ2) is 7.45. The van der Waals surface area contributed by atoms with Crippen LogP contribution in [0.3, 0.4) is 0 Å². The van der Waals surface area contributed by atoms with E-state index in [0.717, 1.165) is 5.56 Å². The van der Waals surface area contributed by atoms with Crippen molar-refractivity contribution in [2.24, 2.45) is 0 Å². The van der Waals surface area contributed by atoms with Crippen molar-refractivity contribution in [1.82, 2.24) is 5.32 Å². The molecule has 0 aliphatic heterocycles. The van der Waals surface area contributed by atoms with Gasteiger partial charge in [0.2, 0.25) is 0 Å². The number of methoxy groups -OCH3 is 1. The second-order valence-corrected chi connectivity index (χ2v) is 4.57. The number of carbonyl (C=O) groups excluding carboxylic acids is 2. The van der Waals surface area contributed by atoms with E-state index in [1.165, 1.54) is 26.2 Å². The summed E-state index contributed by atoms with van der Waals surface area (Å²) in [7, 11) is 1.27. The lowest BCUT2D eigenvalue weighted by Gasteiger charge is -2.22. The molecule has 2 N–H and O–H groups in total. The van der Waals surface area contributed by atoms with Crippen LogP contribution >= 0.6 is 0 Å². The summed E-state index contributed by atoms with van der Waals surface area (Å²) in [5.74, 6) is -0.980. The summed E-state index contributed by atoms with van der Waals surface area (Å²) in [6.07, 6.45) is 2.90. The summed E-state index contributed by atoms with van der Waals surface area (Å²) < 4.78 is 4.42. The van der Waals surface area contributed by atoms with Gasteiger partial charge in [-0.05, 0) is 12.5 Å². The van der Waals surface area contributed by atoms with Crippen LogP contribution in [0.15, 0.2) is 42.5 Å². The van der Waals surface area contributed by atoms with E-state index in [1.54, 1.807) is 0 Å². The highest BCUT2D eigenvalue weighted by molar-refractivity contribution is 5.85. The van der Waals surface area contributed by atoms with Gasteiger partial charge in [0.05, 0.1) is 7.11 Å². The third-order valence-electron chi connectivity index (χ3n) is 2.72. The minimum Gasteiger partial charge on any atom is -0.466 e. The summed E-state index contributed by atoms with van der Waals surface area (Å²) in [5, 5.41) is 12.7. The van der Waals surface area contributed by atoms with Gasteiger partial charge in [-0.1, -0.05) is 36.4 Å². The Morgan fingerprint density at radius 2 is 2.00 bits per heavy atom. The molecule has 0 saturated carbocycles. The molecule has 1 aromatic carbocycles. The Labute approximate surface area is 118 Å². The Hall–Kier alpha value is -2.14. The highest BCUT2D eigenvalue weighted by atomic mass is 16.5. The molecule has 0 aliphatic rings. The van der Waals surface area contributed by atoms with Gasteiger partial charge in [0.1, 0.15) is 5.60 Å². The number of amides is 1. The molecule has 108 valence electrons. The summed E-state index contributed by atoms with van der Waals surface area (Å²) in [5.41, 5.74) is -0.627. The quantitative estimate of drug-likeness (QED) is 0.596. The first-order chi connectivity index (χ1) is 9.45. The van der Waals surface area contributed by atoms with Crippen molar-refractivity contribution < 1.29 is 19.4 Å². The predicted octanol–water partition coefficient (Wildman–Crippen LogP) is 0.825. The molecule has 1 atom stereocenters. The monoisotopic (exact) mass is 277 g/mol. The molecule has 0 fully saturated rings. The van der Waals surface area contributed by atoms with Gasteiger partial charge in [0, 0.05) is 19.0 Å². The summed E-state index contributed by atoms with van der Waals surface area (Å²) in [6.45, 7) is 1.61. The molecule has 0 spiro atoms. The summed E-state index contributed by atoms with van der Waals surface area (Å²) in [4.78, 5) is 22.7. The fraction of sp³-hybridized carbons (Fsp3) is 0.333. The van der Waals surface area contributed by atoms with Crippen LogP contribution in [0.1, 0.15) is 12.5 Å². The predicted molar refractivity (Wildman–Crippen MR) is 74.9 cm³/mol. The number of ether oxygens (including phenoxy) is 1. The van der Waals surface area contributed by atoms with Crippen LogP contribution in [0.5, 0.6) is 0 Å². The molecule has 0 aliphatic carbocycles. The zero-order chi connectivity index (χ0) is 15.0. The minimum absolute atomic E-state index is 0.152. The molecule has 1 amide bonds. The topological polar surface area (TPSA) is 75.6 Å². The van der Waals surface area contributed by atoms with Crippen LogP contribution in [0.25, 0.3) is 0 Å². The first-order valence-corrected chi connectivity index (χ1v) is 6.25. The number of nitrogens with one attached hydrogen (secondary N) is 1. The molecular weight excluding hydrogens is 258 g/mol. The van der Waals surface area contributed by atoms with Gasteiger partial charge in [-0.3, -0.25) is 4.79 Å². The van der Waals surface area contributed by atoms with Gasteiger partial charge < -0.3 is 15.2 Å². The van der Waals surface area contributed by atoms with Crippen LogP contribution < -0.4 is 5.32 Å². The van der Waals surface area contributed by atoms with Crippen LogP contribution in [-0.4, -0.2) is 36.2 Å². The second-order valence-electron chi connectivity index (χ2n) is 4.57. The Morgan fingerprint density at radius 3 is 2.60 bits per heavy atom. The fourth-order valence-electron chi connectivity index (χ4n) is 1.64. The Kier molecular flexibility index (Phi) is 5.93. The molecule has 0 aromatic heterocycles. The van der Waals surface area contributed by atoms with Crippen molar-refractivity contribution in [1.29, 1.82) is 0 Å². The number of hydrogen-bond acceptors (Lipinski definition) is 4. The molecule has 5 nitrogen and oxygen atoms in total. The lowest BCUT2D eigenvalue weighted by Crippen LogP contribution is -2.46. The van der Waals surface area contributed by atoms with E-state index < -0.39 is 17.5 Å². The van der Waals surface area contributed by atoms with Crippen molar-refractivity contribution in [3.05, 3.63) is 48.0 Å². The molecule has 1 rings (SSSR count). The molecule has 20 heavy (non-hydrogen) atoms. The zero-order valence-electron chi connectivity index (χ0n) is 11.6. The fourth-order valence-corrected chi connectivity index (χ4v) is 1.64. The number of rotatable bonds is 6. The minimum atomic E-state index is -1.50. The molecule has 0 bridgehead atoms. The first kappa shape index (κ1) is 15.9. The number of aliphatic hydroxyl groups is 1. The SMILES string of the molecule is COC(=O)/C=C/CNC(=O)C(C)(O)Cc1ccccc1. The Bertz CT molecular complexity index is 480. The molecule has 1 aromatic rings. The van der Waals surface area contributed by atoms with Crippen molar-refractivity contribution in [3.8, 4) is 0 Å². The molecule has 5 heteroatoms. The van der Waals surface area contributed by atoms with E-state index >= 15 is 0 Å². The molecule has 0 radical (unpaired) electrons. The maximum Gasteiger partial charge on any atom is 0.330 e. The van der Waals surface area contributed by atoms with E-state index in [-0.39, 0.29) is 13.0 Å². The Balaban J connectivity index is 2.49. The highest BCUT2D eigenvalue weighted by Crippen LogP contribution is 2.13. The maximum atomic E-state index is 11.9. The van der Waals surface area contributed by atoms with Gasteiger partial charge >= 0.3 is 5.97 Å². The lowest BCUT2D eigenvalue weighted by molar-refractivity contribution is -0.138. The van der Waals surface area contributed by atoms with E-state index in [4.69, 9.17) is 0 Å². The van der Waals surface area contributed by atoms with Gasteiger partial charge in [-0.15, -0.1) is 0 Å². The van der Waals surface area contributed by atoms with Crippen molar-refractivity contribution in [2.45, 2.75) is 18.9 Å². The maximum absolute atomic E-state index is 11.9. The number of benzene rings is 1. The van der Waals surface area contributed by atoms with E-state index in [9.17, 15) is 14.7 Å². The third-order valence-corrected chi connectivity index (χ3v) is 2.72. The summed E-state index contributed by atoms with van der Waals surface area (Å²) in [6, 6.07) is 9.26. The Morgan fingerprint density at radius 1 is 1.35 bits per heavy atom. The molecule has 1 unspecified atom stereocenters. The molecule has 0 heterocycles. The van der Waals surface area contributed by atoms with E-state index in [0.29, 0.717) is 0 Å². The average molecular weight is 277 g/mol. The normalized spacial score (nSPS) is 13.8. The van der Waals surface area contributed by atoms with Gasteiger partial charge in [-0.25, -0.2) is 4.79 Å². The van der Waals surface area contributed by atoms with Crippen LogP contribution in [0.4, 0.5) is 0 Å². The average Bonchev–Trinajstić information content (AvgIpc) is 2.43. The van der Waals surface area contributed by atoms with Crippen molar-refractivity contribution >= 4 is 11.9 Å². The highest BCUT2D eigenvalue weighted by Gasteiger charge is 2.29. The molecular formula is C15H19NO4. The van der Waals surface area contributed by atoms with Crippen molar-refractivity contribution in [3.63, 3.8) is 0 Å². The summed E-state index contributed by atoms with van der Waals surface area (Å²) >= 11 is 0. The largest absolute Gasteiger partial charge is 0.466 e. The van der Waals surface area contributed by atoms with Crippen LogP contribution in [-0.2, 0) is 20.7 Å². The third kappa shape index (κ3) is 5.24. The van der Waals surface area contributed by atoms with Crippen LogP contribution in [0, 0.1) is 0 Å². The molecule has 0 saturated heterocycles. The lowest BCUT2D eigenvalue weighted by atomic mass is 9.96. The number of esters is 1. The van der Waals surface area contributed by atoms with Crippen molar-refractivity contribution in [2.75, 3.05) is 13.7 Å². The smallest absolute Gasteiger partial charge is 0.330 e. The van der Waals surface area contributed by atoms with Gasteiger partial charge in [0.25, 0.3) is 5.91 Å². The zero-order valence-corrected chi connectivity index (χ0v) is 11.6. The van der Waals surface area contributed by atoms with Gasteiger partial charge in [-0.2, -0.15) is 0 Å². The van der Waals surface area contributed by atoms with E-state index in [1.807, 2.05) is 30.3 Å². The van der Waals surface area contributed by atoms with Crippen LogP contribution in [0.2, 0.25) is 0 Å².